The van der Waals surface area contributed by atoms with E-state index in [1.54, 1.807) is 6.07 Å². The molecule has 0 radical (unpaired) electrons. The van der Waals surface area contributed by atoms with E-state index < -0.39 is 12.2 Å². The maximum absolute atomic E-state index is 10.5. The van der Waals surface area contributed by atoms with Gasteiger partial charge in [-0.25, -0.2) is 0 Å². The molecule has 0 bridgehead atoms. The van der Waals surface area contributed by atoms with Gasteiger partial charge in [-0.3, -0.25) is 0 Å². The number of aliphatic hydroxyl groups excluding tert-OH is 2. The quantitative estimate of drug-likeness (QED) is 0.344. The van der Waals surface area contributed by atoms with Crippen molar-refractivity contribution in [1.82, 2.24) is 0 Å². The predicted octanol–water partition coefficient (Wildman–Crippen LogP) is 3.14. The molecule has 1 aliphatic carbocycles. The number of hydrogen-bond acceptors (Lipinski definition) is 4. The highest BCUT2D eigenvalue weighted by Crippen LogP contribution is 2.54. The molecular formula is C20H14O4. The van der Waals surface area contributed by atoms with Crippen molar-refractivity contribution < 1.29 is 20.1 Å². The number of hydrogen-bond donors (Lipinski definition) is 3. The zero-order valence-electron chi connectivity index (χ0n) is 12.6. The number of benzene rings is 4. The van der Waals surface area contributed by atoms with Crippen molar-refractivity contribution in [2.45, 2.75) is 24.4 Å². The van der Waals surface area contributed by atoms with Gasteiger partial charge in [0.2, 0.25) is 0 Å². The first kappa shape index (κ1) is 13.0. The van der Waals surface area contributed by atoms with E-state index in [9.17, 15) is 15.3 Å². The van der Waals surface area contributed by atoms with Crippen LogP contribution in [0.15, 0.2) is 42.5 Å². The summed E-state index contributed by atoms with van der Waals surface area (Å²) >= 11 is 0. The van der Waals surface area contributed by atoms with Crippen LogP contribution in [0.2, 0.25) is 0 Å². The highest BCUT2D eigenvalue weighted by molar-refractivity contribution is 6.25. The van der Waals surface area contributed by atoms with Crippen LogP contribution in [-0.2, 0) is 4.74 Å². The molecule has 0 aromatic heterocycles. The zero-order chi connectivity index (χ0) is 16.2. The van der Waals surface area contributed by atoms with E-state index >= 15 is 0 Å². The summed E-state index contributed by atoms with van der Waals surface area (Å²) in [4.78, 5) is 0. The van der Waals surface area contributed by atoms with Crippen molar-refractivity contribution in [3.8, 4) is 5.75 Å². The molecule has 1 aliphatic heterocycles. The molecule has 3 N–H and O–H groups in total. The van der Waals surface area contributed by atoms with Gasteiger partial charge in [-0.15, -0.1) is 0 Å². The van der Waals surface area contributed by atoms with Gasteiger partial charge in [-0.1, -0.05) is 30.3 Å². The Morgan fingerprint density at radius 3 is 2.42 bits per heavy atom. The molecular weight excluding hydrogens is 304 g/mol. The van der Waals surface area contributed by atoms with Crippen molar-refractivity contribution in [2.24, 2.45) is 0 Å². The molecule has 4 atom stereocenters. The SMILES string of the molecule is Oc1ccc2ccc3c4c(cc5ccc1c2c53)[C@@H](O)[C@H](O)[C@@H]1O[C@H]41. The van der Waals surface area contributed by atoms with Crippen LogP contribution in [0, 0.1) is 0 Å². The van der Waals surface area contributed by atoms with E-state index in [4.69, 9.17) is 4.74 Å². The summed E-state index contributed by atoms with van der Waals surface area (Å²) in [6.07, 6.45) is -2.28. The van der Waals surface area contributed by atoms with E-state index in [1.165, 1.54) is 0 Å². The largest absolute Gasteiger partial charge is 0.507 e. The number of phenols is 1. The second-order valence-electron chi connectivity index (χ2n) is 6.84. The number of rotatable bonds is 0. The smallest absolute Gasteiger partial charge is 0.123 e. The minimum atomic E-state index is -0.931. The van der Waals surface area contributed by atoms with Gasteiger partial charge in [-0.05, 0) is 44.8 Å². The molecule has 0 spiro atoms. The third-order valence-electron chi connectivity index (χ3n) is 5.62. The lowest BCUT2D eigenvalue weighted by Crippen LogP contribution is -2.29. The topological polar surface area (TPSA) is 73.2 Å². The monoisotopic (exact) mass is 318 g/mol. The summed E-state index contributed by atoms with van der Waals surface area (Å²) in [6, 6.07) is 13.6. The predicted molar refractivity (Wildman–Crippen MR) is 90.4 cm³/mol. The van der Waals surface area contributed by atoms with Gasteiger partial charge in [0.05, 0.1) is 0 Å². The van der Waals surface area contributed by atoms with Crippen LogP contribution in [0.25, 0.3) is 32.3 Å². The first-order chi connectivity index (χ1) is 11.6. The van der Waals surface area contributed by atoms with Gasteiger partial charge in [0, 0.05) is 10.8 Å². The van der Waals surface area contributed by atoms with Crippen LogP contribution >= 0.6 is 0 Å². The van der Waals surface area contributed by atoms with Gasteiger partial charge in [0.25, 0.3) is 0 Å². The summed E-state index contributed by atoms with van der Waals surface area (Å²) in [5.74, 6) is 0.269. The lowest BCUT2D eigenvalue weighted by molar-refractivity contribution is 0.000163. The van der Waals surface area contributed by atoms with E-state index in [0.29, 0.717) is 0 Å². The van der Waals surface area contributed by atoms with E-state index in [-0.39, 0.29) is 18.0 Å². The molecule has 118 valence electrons. The Morgan fingerprint density at radius 1 is 0.833 bits per heavy atom. The third-order valence-corrected chi connectivity index (χ3v) is 5.62. The number of fused-ring (bicyclic) bond motifs is 4. The molecule has 4 aromatic carbocycles. The molecule has 4 nitrogen and oxygen atoms in total. The summed E-state index contributed by atoms with van der Waals surface area (Å²) in [5.41, 5.74) is 1.72. The van der Waals surface area contributed by atoms with Crippen molar-refractivity contribution >= 4 is 32.3 Å². The molecule has 6 rings (SSSR count). The standard InChI is InChI=1S/C20H14O4/c21-13-6-3-8-1-5-11-15-9(2-4-10(13)14(8)15)7-12-16(11)19-20(24-19)18(23)17(12)22/h1-7,17-23H/t17-,18+,19-,20+/m1/s1. The van der Waals surface area contributed by atoms with Gasteiger partial charge < -0.3 is 20.1 Å². The molecule has 1 fully saturated rings. The van der Waals surface area contributed by atoms with Crippen molar-refractivity contribution in [3.63, 3.8) is 0 Å². The molecule has 24 heavy (non-hydrogen) atoms. The minimum absolute atomic E-state index is 0.156. The lowest BCUT2D eigenvalue weighted by Gasteiger charge is -2.26. The molecule has 1 saturated heterocycles. The molecule has 0 saturated carbocycles. The van der Waals surface area contributed by atoms with Crippen LogP contribution in [0.4, 0.5) is 0 Å². The third kappa shape index (κ3) is 1.36. The average molecular weight is 318 g/mol. The minimum Gasteiger partial charge on any atom is -0.507 e. The fourth-order valence-corrected chi connectivity index (χ4v) is 4.45. The maximum atomic E-state index is 10.5. The van der Waals surface area contributed by atoms with Crippen LogP contribution in [0.5, 0.6) is 5.75 Å². The van der Waals surface area contributed by atoms with Crippen LogP contribution < -0.4 is 0 Å². The summed E-state index contributed by atoms with van der Waals surface area (Å²) < 4.78 is 5.64. The Hall–Kier alpha value is -2.40. The molecule has 2 aliphatic rings. The van der Waals surface area contributed by atoms with Crippen LogP contribution in [0.1, 0.15) is 23.3 Å². The summed E-state index contributed by atoms with van der Waals surface area (Å²) in [7, 11) is 0. The Balaban J connectivity index is 1.85. The maximum Gasteiger partial charge on any atom is 0.123 e. The molecule has 4 aromatic rings. The van der Waals surface area contributed by atoms with Gasteiger partial charge in [-0.2, -0.15) is 0 Å². The Kier molecular flexibility index (Phi) is 2.15. The zero-order valence-corrected chi connectivity index (χ0v) is 12.6. The molecule has 4 heteroatoms. The van der Waals surface area contributed by atoms with Gasteiger partial charge >= 0.3 is 0 Å². The fourth-order valence-electron chi connectivity index (χ4n) is 4.45. The molecule has 0 amide bonds. The fraction of sp³-hybridized carbons (Fsp3) is 0.200. The Morgan fingerprint density at radius 2 is 1.54 bits per heavy atom. The van der Waals surface area contributed by atoms with E-state index in [1.807, 2.05) is 30.3 Å². The first-order valence-corrected chi connectivity index (χ1v) is 8.10. The number of aromatic hydroxyl groups is 1. The highest BCUT2D eigenvalue weighted by atomic mass is 16.6. The van der Waals surface area contributed by atoms with Gasteiger partial charge in [0.15, 0.2) is 0 Å². The second-order valence-corrected chi connectivity index (χ2v) is 6.84. The van der Waals surface area contributed by atoms with Crippen molar-refractivity contribution in [3.05, 3.63) is 53.6 Å². The Labute approximate surface area is 136 Å². The number of phenolic OH excluding ortho intramolecular Hbond substituents is 1. The summed E-state index contributed by atoms with van der Waals surface area (Å²) in [6.45, 7) is 0. The van der Waals surface area contributed by atoms with Crippen molar-refractivity contribution in [2.75, 3.05) is 0 Å². The Bertz CT molecular complexity index is 1150. The summed E-state index contributed by atoms with van der Waals surface area (Å²) in [5, 5.41) is 36.9. The van der Waals surface area contributed by atoms with E-state index in [2.05, 4.69) is 6.07 Å². The normalized spacial score (nSPS) is 28.4. The molecule has 0 unspecified atom stereocenters. The van der Waals surface area contributed by atoms with Crippen molar-refractivity contribution in [1.29, 1.82) is 0 Å². The molecule has 1 heterocycles. The van der Waals surface area contributed by atoms with Crippen LogP contribution in [0.3, 0.4) is 0 Å². The number of ether oxygens (including phenoxy) is 1. The van der Waals surface area contributed by atoms with E-state index in [0.717, 1.165) is 43.4 Å². The highest BCUT2D eigenvalue weighted by Gasteiger charge is 2.54. The van der Waals surface area contributed by atoms with Crippen LogP contribution in [-0.4, -0.2) is 27.5 Å². The first-order valence-electron chi connectivity index (χ1n) is 8.10. The lowest BCUT2D eigenvalue weighted by atomic mass is 9.81. The number of epoxide rings is 1. The van der Waals surface area contributed by atoms with Gasteiger partial charge in [0.1, 0.15) is 30.2 Å². The second kappa shape index (κ2) is 3.98. The average Bonchev–Trinajstić information content (AvgIpc) is 3.39. The number of aliphatic hydroxyl groups is 2.